The summed E-state index contributed by atoms with van der Waals surface area (Å²) >= 11 is 1.43. The Morgan fingerprint density at radius 1 is 1.29 bits per heavy atom. The van der Waals surface area contributed by atoms with Gasteiger partial charge in [0.25, 0.3) is 0 Å². The Morgan fingerprint density at radius 2 is 2.14 bits per heavy atom. The van der Waals surface area contributed by atoms with Crippen LogP contribution in [0.1, 0.15) is 31.5 Å². The normalized spacial score (nSPS) is 11.4. The maximum Gasteiger partial charge on any atom is 0.154 e. The van der Waals surface area contributed by atoms with Gasteiger partial charge in [0.1, 0.15) is 4.88 Å². The molecule has 0 bridgehead atoms. The first-order valence-electron chi connectivity index (χ1n) is 7.29. The molecule has 21 heavy (non-hydrogen) atoms. The Hall–Kier alpha value is -1.79. The van der Waals surface area contributed by atoms with E-state index in [2.05, 4.69) is 46.2 Å². The lowest BCUT2D eigenvalue weighted by atomic mass is 10.2. The monoisotopic (exact) mass is 301 g/mol. The zero-order chi connectivity index (χ0) is 14.8. The van der Waals surface area contributed by atoms with Crippen molar-refractivity contribution in [1.82, 2.24) is 19.1 Å². The van der Waals surface area contributed by atoms with Crippen molar-refractivity contribution in [1.29, 1.82) is 0 Å². The molecule has 0 atom stereocenters. The Bertz CT molecular complexity index is 759. The third-order valence-electron chi connectivity index (χ3n) is 3.61. The van der Waals surface area contributed by atoms with E-state index in [1.165, 1.54) is 11.5 Å². The minimum atomic E-state index is 0.535. The van der Waals surface area contributed by atoms with E-state index in [4.69, 9.17) is 10.7 Å². The number of imidazole rings is 1. The lowest BCUT2D eigenvalue weighted by molar-refractivity contribution is 0.793. The second-order valence-electron chi connectivity index (χ2n) is 5.01. The number of hydrogen-bond donors (Lipinski definition) is 1. The smallest absolute Gasteiger partial charge is 0.154 e. The molecule has 2 aromatic heterocycles. The summed E-state index contributed by atoms with van der Waals surface area (Å²) in [6.45, 7) is 5.69. The Morgan fingerprint density at radius 3 is 2.86 bits per heavy atom. The molecule has 110 valence electrons. The fraction of sp³-hybridized carbons (Fsp3) is 0.400. The fourth-order valence-corrected chi connectivity index (χ4v) is 3.28. The van der Waals surface area contributed by atoms with Crippen LogP contribution in [0.2, 0.25) is 0 Å². The first-order chi connectivity index (χ1) is 10.3. The third-order valence-corrected chi connectivity index (χ3v) is 4.37. The highest BCUT2D eigenvalue weighted by Gasteiger charge is 2.17. The van der Waals surface area contributed by atoms with Gasteiger partial charge in [-0.1, -0.05) is 23.9 Å². The van der Waals surface area contributed by atoms with Crippen LogP contribution >= 0.6 is 11.5 Å². The van der Waals surface area contributed by atoms with E-state index in [0.29, 0.717) is 6.54 Å². The number of rotatable bonds is 5. The van der Waals surface area contributed by atoms with E-state index in [1.54, 1.807) is 0 Å². The molecule has 2 N–H and O–H groups in total. The summed E-state index contributed by atoms with van der Waals surface area (Å²) in [5, 5.41) is 4.26. The van der Waals surface area contributed by atoms with Crippen LogP contribution < -0.4 is 5.73 Å². The summed E-state index contributed by atoms with van der Waals surface area (Å²) < 4.78 is 6.34. The number of nitrogens with zero attached hydrogens (tertiary/aromatic N) is 4. The molecule has 0 saturated heterocycles. The molecule has 5 nitrogen and oxygen atoms in total. The van der Waals surface area contributed by atoms with Gasteiger partial charge in [0.05, 0.1) is 16.7 Å². The Labute approximate surface area is 128 Å². The van der Waals surface area contributed by atoms with E-state index in [-0.39, 0.29) is 0 Å². The zero-order valence-electron chi connectivity index (χ0n) is 12.3. The van der Waals surface area contributed by atoms with Crippen molar-refractivity contribution in [3.05, 3.63) is 29.5 Å². The van der Waals surface area contributed by atoms with Crippen molar-refractivity contribution < 1.29 is 0 Å². The summed E-state index contributed by atoms with van der Waals surface area (Å²) in [5.74, 6) is 0.972. The molecule has 0 aliphatic rings. The number of hydrogen-bond acceptors (Lipinski definition) is 5. The number of aromatic nitrogens is 4. The molecule has 3 aromatic rings. The van der Waals surface area contributed by atoms with E-state index < -0.39 is 0 Å². The van der Waals surface area contributed by atoms with Crippen molar-refractivity contribution in [3.63, 3.8) is 0 Å². The molecule has 0 amide bonds. The second-order valence-corrected chi connectivity index (χ2v) is 5.76. The van der Waals surface area contributed by atoms with Gasteiger partial charge in [-0.3, -0.25) is 0 Å². The Kier molecular flexibility index (Phi) is 3.98. The third kappa shape index (κ3) is 2.45. The number of nitrogens with two attached hydrogens (primary N) is 1. The van der Waals surface area contributed by atoms with Gasteiger partial charge in [-0.15, -0.1) is 5.10 Å². The maximum atomic E-state index is 5.72. The van der Waals surface area contributed by atoms with Crippen LogP contribution in [0.3, 0.4) is 0 Å². The molecule has 0 saturated carbocycles. The lowest BCUT2D eigenvalue weighted by Crippen LogP contribution is -1.99. The number of benzene rings is 1. The largest absolute Gasteiger partial charge is 0.326 e. The fourth-order valence-electron chi connectivity index (χ4n) is 2.57. The molecule has 0 radical (unpaired) electrons. The van der Waals surface area contributed by atoms with E-state index >= 15 is 0 Å². The summed E-state index contributed by atoms with van der Waals surface area (Å²) in [5.41, 5.74) is 10.0. The van der Waals surface area contributed by atoms with Crippen molar-refractivity contribution >= 4 is 22.6 Å². The van der Waals surface area contributed by atoms with E-state index in [1.807, 2.05) is 0 Å². The van der Waals surface area contributed by atoms with Crippen LogP contribution in [0.15, 0.2) is 18.2 Å². The summed E-state index contributed by atoms with van der Waals surface area (Å²) in [6.07, 6.45) is 1.99. The molecular weight excluding hydrogens is 282 g/mol. The molecule has 2 heterocycles. The Balaban J connectivity index is 2.19. The minimum absolute atomic E-state index is 0.535. The number of fused-ring (bicyclic) bond motifs is 1. The van der Waals surface area contributed by atoms with Crippen LogP contribution in [-0.4, -0.2) is 19.1 Å². The predicted octanol–water partition coefficient (Wildman–Crippen LogP) is 2.99. The zero-order valence-corrected chi connectivity index (χ0v) is 13.2. The SMILES string of the molecule is CCCc1nnsc1-c1nc2cc(CN)ccc2n1CC. The average Bonchev–Trinajstić information content (AvgIpc) is 3.10. The summed E-state index contributed by atoms with van der Waals surface area (Å²) in [4.78, 5) is 5.90. The molecule has 0 aliphatic carbocycles. The molecule has 0 fully saturated rings. The predicted molar refractivity (Wildman–Crippen MR) is 86.2 cm³/mol. The highest BCUT2D eigenvalue weighted by molar-refractivity contribution is 7.09. The molecule has 0 unspecified atom stereocenters. The maximum absolute atomic E-state index is 5.72. The van der Waals surface area contributed by atoms with Crippen LogP contribution in [0.5, 0.6) is 0 Å². The summed E-state index contributed by atoms with van der Waals surface area (Å²) in [6, 6.07) is 6.24. The molecule has 0 aliphatic heterocycles. The van der Waals surface area contributed by atoms with Crippen LogP contribution in [0.4, 0.5) is 0 Å². The summed E-state index contributed by atoms with van der Waals surface area (Å²) in [7, 11) is 0. The topological polar surface area (TPSA) is 69.6 Å². The van der Waals surface area contributed by atoms with Gasteiger partial charge in [-0.05, 0) is 42.6 Å². The number of aryl methyl sites for hydroxylation is 2. The van der Waals surface area contributed by atoms with Gasteiger partial charge in [0, 0.05) is 13.1 Å². The van der Waals surface area contributed by atoms with Crippen LogP contribution in [0.25, 0.3) is 21.7 Å². The van der Waals surface area contributed by atoms with Gasteiger partial charge in [0.2, 0.25) is 0 Å². The van der Waals surface area contributed by atoms with Crippen molar-refractivity contribution in [2.45, 2.75) is 39.8 Å². The van der Waals surface area contributed by atoms with Crippen LogP contribution in [0, 0.1) is 0 Å². The highest BCUT2D eigenvalue weighted by Crippen LogP contribution is 2.30. The van der Waals surface area contributed by atoms with Gasteiger partial charge in [-0.25, -0.2) is 4.98 Å². The minimum Gasteiger partial charge on any atom is -0.326 e. The van der Waals surface area contributed by atoms with Crippen LogP contribution in [-0.2, 0) is 19.5 Å². The van der Waals surface area contributed by atoms with E-state index in [0.717, 1.165) is 52.4 Å². The molecule has 0 spiro atoms. The molecule has 3 rings (SSSR count). The molecular formula is C15H19N5S. The molecule has 1 aromatic carbocycles. The van der Waals surface area contributed by atoms with Crippen molar-refractivity contribution in [2.24, 2.45) is 5.73 Å². The highest BCUT2D eigenvalue weighted by atomic mass is 32.1. The first-order valence-corrected chi connectivity index (χ1v) is 8.06. The second kappa shape index (κ2) is 5.91. The average molecular weight is 301 g/mol. The molecule has 6 heteroatoms. The van der Waals surface area contributed by atoms with Crippen molar-refractivity contribution in [3.8, 4) is 10.7 Å². The van der Waals surface area contributed by atoms with Gasteiger partial charge in [0.15, 0.2) is 5.82 Å². The standard InChI is InChI=1S/C15H19N5S/c1-3-5-11-14(21-19-18-11)15-17-12-8-10(9-16)6-7-13(12)20(15)4-2/h6-8H,3-5,9,16H2,1-2H3. The van der Waals surface area contributed by atoms with Gasteiger partial charge >= 0.3 is 0 Å². The lowest BCUT2D eigenvalue weighted by Gasteiger charge is -2.05. The van der Waals surface area contributed by atoms with E-state index in [9.17, 15) is 0 Å². The first kappa shape index (κ1) is 14.2. The van der Waals surface area contributed by atoms with Gasteiger partial charge in [-0.2, -0.15) is 0 Å². The van der Waals surface area contributed by atoms with Crippen molar-refractivity contribution in [2.75, 3.05) is 0 Å². The quantitative estimate of drug-likeness (QED) is 0.786. The van der Waals surface area contributed by atoms with Gasteiger partial charge < -0.3 is 10.3 Å².